The Balaban J connectivity index is 1.26. The van der Waals surface area contributed by atoms with Crippen LogP contribution in [0.25, 0.3) is 0 Å². The highest BCUT2D eigenvalue weighted by Crippen LogP contribution is 2.54. The Kier molecular flexibility index (Phi) is 8.60. The molecule has 14 heteroatoms. The van der Waals surface area contributed by atoms with Crippen molar-refractivity contribution in [1.82, 2.24) is 10.2 Å². The molecule has 0 aromatic heterocycles. The predicted octanol–water partition coefficient (Wildman–Crippen LogP) is 4.84. The van der Waals surface area contributed by atoms with E-state index in [4.69, 9.17) is 4.74 Å². The Bertz CT molecular complexity index is 1760. The van der Waals surface area contributed by atoms with E-state index in [1.54, 1.807) is 0 Å². The number of hydrogen-bond donors (Lipinski definition) is 2. The van der Waals surface area contributed by atoms with Crippen LogP contribution in [0.4, 0.5) is 23.2 Å². The summed E-state index contributed by atoms with van der Waals surface area (Å²) in [6, 6.07) is 5.92. The first kappa shape index (κ1) is 33.0. The minimum atomic E-state index is -4.95. The summed E-state index contributed by atoms with van der Waals surface area (Å²) < 4.78 is 83.5. The average molecular weight is 678 g/mol. The van der Waals surface area contributed by atoms with Gasteiger partial charge in [-0.1, -0.05) is 11.6 Å². The van der Waals surface area contributed by atoms with Crippen molar-refractivity contribution in [3.8, 4) is 5.75 Å². The molecule has 1 saturated heterocycles. The topological polar surface area (TPSA) is 122 Å². The van der Waals surface area contributed by atoms with E-state index in [1.807, 2.05) is 0 Å². The number of rotatable bonds is 8. The van der Waals surface area contributed by atoms with E-state index >= 15 is 0 Å². The Morgan fingerprint density at radius 2 is 1.72 bits per heavy atom. The highest BCUT2D eigenvalue weighted by atomic mass is 32.2. The largest absolute Gasteiger partial charge is 0.496 e. The van der Waals surface area contributed by atoms with E-state index in [2.05, 4.69) is 16.7 Å². The fraction of sp³-hybridized carbons (Fsp3) is 0.485. The van der Waals surface area contributed by atoms with Crippen LogP contribution in [0.2, 0.25) is 0 Å². The van der Waals surface area contributed by atoms with Gasteiger partial charge in [0.05, 0.1) is 29.4 Å². The van der Waals surface area contributed by atoms with Crippen molar-refractivity contribution in [3.63, 3.8) is 0 Å². The zero-order valence-corrected chi connectivity index (χ0v) is 26.6. The van der Waals surface area contributed by atoms with E-state index in [1.165, 1.54) is 30.2 Å². The summed E-state index contributed by atoms with van der Waals surface area (Å²) in [5.74, 6) is -3.73. The second-order valence-electron chi connectivity index (χ2n) is 12.9. The summed E-state index contributed by atoms with van der Waals surface area (Å²) in [4.78, 5) is 42.4. The van der Waals surface area contributed by atoms with Crippen LogP contribution in [-0.4, -0.2) is 68.8 Å². The fourth-order valence-corrected chi connectivity index (χ4v) is 8.28. The molecule has 3 saturated carbocycles. The van der Waals surface area contributed by atoms with Gasteiger partial charge in [0.1, 0.15) is 11.6 Å². The summed E-state index contributed by atoms with van der Waals surface area (Å²) in [5, 5.41) is 4.85. The van der Waals surface area contributed by atoms with Gasteiger partial charge in [0.2, 0.25) is 5.91 Å². The molecule has 2 bridgehead atoms. The second kappa shape index (κ2) is 12.3. The molecule has 6 rings (SSSR count). The molecule has 1 unspecified atom stereocenters. The van der Waals surface area contributed by atoms with Crippen LogP contribution in [0.15, 0.2) is 48.0 Å². The molecule has 1 aliphatic heterocycles. The summed E-state index contributed by atoms with van der Waals surface area (Å²) in [5.41, 5.74) is -0.445. The molecule has 252 valence electrons. The third kappa shape index (κ3) is 6.61. The van der Waals surface area contributed by atoms with Crippen molar-refractivity contribution in [3.05, 3.63) is 70.6 Å². The summed E-state index contributed by atoms with van der Waals surface area (Å²) in [6.07, 6.45) is 2.07. The molecule has 0 radical (unpaired) electrons. The Hall–Kier alpha value is -3.94. The van der Waals surface area contributed by atoms with Crippen molar-refractivity contribution in [1.29, 1.82) is 0 Å². The second-order valence-corrected chi connectivity index (χ2v) is 15.2. The van der Waals surface area contributed by atoms with E-state index < -0.39 is 62.3 Å². The number of methoxy groups -OCH3 is 1. The lowest BCUT2D eigenvalue weighted by molar-refractivity contribution is -0.140. The molecule has 9 nitrogen and oxygen atoms in total. The number of halogens is 4. The number of nitrogens with one attached hydrogen (secondary N) is 2. The summed E-state index contributed by atoms with van der Waals surface area (Å²) in [6.45, 7) is 0.294. The van der Waals surface area contributed by atoms with Crippen LogP contribution in [0.3, 0.4) is 0 Å². The molecule has 2 N–H and O–H groups in total. The monoisotopic (exact) mass is 677 g/mol. The molecular weight excluding hydrogens is 642 g/mol. The number of benzene rings is 2. The number of anilines is 1. The van der Waals surface area contributed by atoms with Crippen LogP contribution in [0, 0.1) is 29.5 Å². The van der Waals surface area contributed by atoms with Gasteiger partial charge in [0, 0.05) is 42.6 Å². The van der Waals surface area contributed by atoms with Crippen molar-refractivity contribution in [2.45, 2.75) is 49.6 Å². The molecule has 5 atom stereocenters. The van der Waals surface area contributed by atoms with Crippen LogP contribution in [0.5, 0.6) is 5.75 Å². The van der Waals surface area contributed by atoms with Crippen molar-refractivity contribution in [2.24, 2.45) is 23.7 Å². The van der Waals surface area contributed by atoms with Crippen molar-refractivity contribution < 1.29 is 45.1 Å². The van der Waals surface area contributed by atoms with Gasteiger partial charge in [-0.3, -0.25) is 14.4 Å². The van der Waals surface area contributed by atoms with Crippen molar-refractivity contribution >= 4 is 33.2 Å². The van der Waals surface area contributed by atoms with Gasteiger partial charge in [-0.25, -0.2) is 12.8 Å². The van der Waals surface area contributed by atoms with Gasteiger partial charge in [-0.15, -0.1) is 0 Å². The molecular formula is C33H35F4N3O6S. The van der Waals surface area contributed by atoms with E-state index in [0.717, 1.165) is 30.7 Å². The van der Waals surface area contributed by atoms with E-state index in [9.17, 15) is 40.4 Å². The maximum atomic E-state index is 13.9. The Labute approximate surface area is 269 Å². The molecule has 2 aromatic rings. The average Bonchev–Trinajstić information content (AvgIpc) is 3.40. The first-order valence-electron chi connectivity index (χ1n) is 15.5. The lowest BCUT2D eigenvalue weighted by Gasteiger charge is -2.30. The fourth-order valence-electron chi connectivity index (χ4n) is 7.30. The Morgan fingerprint density at radius 1 is 1.00 bits per heavy atom. The SMILES string of the molecule is COc1ccc(C(=O)N2CCC(S(C)(=O)=O)C2)cc1C(=O)N[C@H]1[C@@H](C(=O)Nc2ccc(F)c(C(F)(F)F)c2)[C@H]2CC[C@@H]1/C2=C\C1CC1. The molecule has 0 spiro atoms. The van der Waals surface area contributed by atoms with Gasteiger partial charge < -0.3 is 20.3 Å². The zero-order valence-electron chi connectivity index (χ0n) is 25.8. The third-order valence-electron chi connectivity index (χ3n) is 9.82. The number of amides is 3. The number of carbonyl (C=O) groups excluding carboxylic acids is 3. The number of ether oxygens (including phenoxy) is 1. The van der Waals surface area contributed by atoms with Gasteiger partial charge in [-0.2, -0.15) is 13.2 Å². The maximum absolute atomic E-state index is 13.9. The van der Waals surface area contributed by atoms with E-state index in [0.29, 0.717) is 37.3 Å². The number of carbonyl (C=O) groups is 3. The lowest BCUT2D eigenvalue weighted by atomic mass is 9.83. The number of alkyl halides is 3. The molecule has 4 aliphatic rings. The van der Waals surface area contributed by atoms with Crippen LogP contribution < -0.4 is 15.4 Å². The molecule has 3 aliphatic carbocycles. The minimum Gasteiger partial charge on any atom is -0.496 e. The van der Waals surface area contributed by atoms with Crippen molar-refractivity contribution in [2.75, 3.05) is 31.8 Å². The standard InChI is InChI=1S/C33H35F4N3O6S/c1-46-27-10-5-18(32(43)40-12-11-20(16-40)47(2,44)45)14-24(27)30(41)39-29-22-8-7-21(23(22)13-17-3-4-17)28(29)31(42)38-19-6-9-26(34)25(15-19)33(35,36)37/h5-6,9-10,13-15,17,20-22,28-29H,3-4,7-8,11-12,16H2,1-2H3,(H,38,42)(H,39,41)/b23-13-/t20?,21-,22+,28-,29+/m0/s1. The first-order valence-corrected chi connectivity index (χ1v) is 17.5. The van der Waals surface area contributed by atoms with Gasteiger partial charge >= 0.3 is 6.18 Å². The number of sulfone groups is 1. The normalized spacial score (nSPS) is 26.5. The highest BCUT2D eigenvalue weighted by molar-refractivity contribution is 7.91. The zero-order chi connectivity index (χ0) is 33.8. The summed E-state index contributed by atoms with van der Waals surface area (Å²) >= 11 is 0. The number of likely N-dealkylation sites (tertiary alicyclic amines) is 1. The molecule has 4 fully saturated rings. The van der Waals surface area contributed by atoms with Crippen LogP contribution in [0.1, 0.15) is 58.4 Å². The number of hydrogen-bond acceptors (Lipinski definition) is 6. The number of fused-ring (bicyclic) bond motifs is 2. The molecule has 47 heavy (non-hydrogen) atoms. The predicted molar refractivity (Wildman–Crippen MR) is 164 cm³/mol. The highest BCUT2D eigenvalue weighted by Gasteiger charge is 2.55. The Morgan fingerprint density at radius 3 is 2.36 bits per heavy atom. The minimum absolute atomic E-state index is 0.0419. The third-order valence-corrected chi connectivity index (χ3v) is 11.4. The maximum Gasteiger partial charge on any atom is 0.419 e. The molecule has 1 heterocycles. The quantitative estimate of drug-likeness (QED) is 0.305. The van der Waals surface area contributed by atoms with Gasteiger partial charge in [-0.05, 0) is 80.3 Å². The number of nitrogens with zero attached hydrogens (tertiary/aromatic N) is 1. The van der Waals surface area contributed by atoms with Crippen LogP contribution in [-0.2, 0) is 20.8 Å². The van der Waals surface area contributed by atoms with Gasteiger partial charge in [0.15, 0.2) is 9.84 Å². The first-order chi connectivity index (χ1) is 22.2. The van der Waals surface area contributed by atoms with E-state index in [-0.39, 0.29) is 47.5 Å². The lowest BCUT2D eigenvalue weighted by Crippen LogP contribution is -2.48. The van der Waals surface area contributed by atoms with Gasteiger partial charge in [0.25, 0.3) is 11.8 Å². The molecule has 2 aromatic carbocycles. The smallest absolute Gasteiger partial charge is 0.419 e. The number of allylic oxidation sites excluding steroid dienone is 1. The van der Waals surface area contributed by atoms with Crippen LogP contribution >= 0.6 is 0 Å². The summed E-state index contributed by atoms with van der Waals surface area (Å²) in [7, 11) is -1.97. The molecule has 3 amide bonds.